The molecule has 1 unspecified atom stereocenters. The van der Waals surface area contributed by atoms with Gasteiger partial charge in [0.15, 0.2) is 0 Å². The van der Waals surface area contributed by atoms with E-state index in [1.165, 1.54) is 45.4 Å². The summed E-state index contributed by atoms with van der Waals surface area (Å²) < 4.78 is 0. The van der Waals surface area contributed by atoms with Crippen LogP contribution in [0.1, 0.15) is 40.0 Å². The quantitative estimate of drug-likeness (QED) is 0.747. The number of hydrogen-bond acceptors (Lipinski definition) is 3. The van der Waals surface area contributed by atoms with Crippen LogP contribution in [0.25, 0.3) is 0 Å². The Morgan fingerprint density at radius 3 is 1.50 bits per heavy atom. The first kappa shape index (κ1) is 13.9. The van der Waals surface area contributed by atoms with Crippen molar-refractivity contribution in [3.05, 3.63) is 0 Å². The van der Waals surface area contributed by atoms with Gasteiger partial charge in [-0.1, -0.05) is 20.8 Å². The summed E-state index contributed by atoms with van der Waals surface area (Å²) in [5.41, 5.74) is 5.81. The number of rotatable bonds is 6. The molecular weight excluding hydrogens is 198 g/mol. The summed E-state index contributed by atoms with van der Waals surface area (Å²) in [5.74, 6) is 0. The van der Waals surface area contributed by atoms with E-state index in [1.54, 1.807) is 0 Å². The van der Waals surface area contributed by atoms with Crippen molar-refractivity contribution >= 4 is 0 Å². The zero-order valence-electron chi connectivity index (χ0n) is 11.3. The van der Waals surface area contributed by atoms with Gasteiger partial charge >= 0.3 is 0 Å². The van der Waals surface area contributed by atoms with E-state index < -0.39 is 0 Å². The smallest absolute Gasteiger partial charge is 0.0216 e. The Hall–Kier alpha value is -0.120. The van der Waals surface area contributed by atoms with Gasteiger partial charge in [-0.3, -0.25) is 9.80 Å². The van der Waals surface area contributed by atoms with Crippen LogP contribution >= 0.6 is 0 Å². The van der Waals surface area contributed by atoms with Crippen molar-refractivity contribution in [1.29, 1.82) is 0 Å². The molecule has 0 amide bonds. The Morgan fingerprint density at radius 1 is 0.812 bits per heavy atom. The molecule has 0 spiro atoms. The van der Waals surface area contributed by atoms with Gasteiger partial charge in [0.25, 0.3) is 0 Å². The van der Waals surface area contributed by atoms with Crippen molar-refractivity contribution in [2.45, 2.75) is 52.1 Å². The minimum atomic E-state index is 0.601. The third-order valence-electron chi connectivity index (χ3n) is 4.07. The fourth-order valence-corrected chi connectivity index (χ4v) is 2.85. The maximum absolute atomic E-state index is 5.81. The average Bonchev–Trinajstić information content (AvgIpc) is 2.34. The summed E-state index contributed by atoms with van der Waals surface area (Å²) in [4.78, 5) is 5.22. The predicted molar refractivity (Wildman–Crippen MR) is 70.6 cm³/mol. The molecule has 0 bridgehead atoms. The van der Waals surface area contributed by atoms with Gasteiger partial charge in [0.05, 0.1) is 0 Å². The topological polar surface area (TPSA) is 32.5 Å². The first-order valence-corrected chi connectivity index (χ1v) is 6.94. The Kier molecular flexibility index (Phi) is 6.32. The van der Waals surface area contributed by atoms with Gasteiger partial charge in [-0.2, -0.15) is 0 Å². The first-order valence-electron chi connectivity index (χ1n) is 6.94. The van der Waals surface area contributed by atoms with Crippen molar-refractivity contribution in [2.24, 2.45) is 5.73 Å². The molecule has 1 saturated heterocycles. The zero-order chi connectivity index (χ0) is 12.0. The molecule has 1 aliphatic heterocycles. The van der Waals surface area contributed by atoms with Gasteiger partial charge in [0.2, 0.25) is 0 Å². The van der Waals surface area contributed by atoms with E-state index in [0.717, 1.165) is 12.6 Å². The van der Waals surface area contributed by atoms with Crippen LogP contribution in [0, 0.1) is 0 Å². The minimum absolute atomic E-state index is 0.601. The van der Waals surface area contributed by atoms with Gasteiger partial charge in [-0.25, -0.2) is 0 Å². The van der Waals surface area contributed by atoms with Gasteiger partial charge in [-0.15, -0.1) is 0 Å². The lowest BCUT2D eigenvalue weighted by atomic mass is 10.1. The van der Waals surface area contributed by atoms with Gasteiger partial charge in [0, 0.05) is 44.8 Å². The zero-order valence-corrected chi connectivity index (χ0v) is 11.3. The van der Waals surface area contributed by atoms with Crippen molar-refractivity contribution in [1.82, 2.24) is 9.80 Å². The van der Waals surface area contributed by atoms with Gasteiger partial charge in [0.1, 0.15) is 0 Å². The molecular formula is C13H29N3. The van der Waals surface area contributed by atoms with Gasteiger partial charge < -0.3 is 5.73 Å². The Labute approximate surface area is 101 Å². The molecule has 0 aromatic carbocycles. The Bertz CT molecular complexity index is 148. The fourth-order valence-electron chi connectivity index (χ4n) is 2.85. The molecule has 1 heterocycles. The van der Waals surface area contributed by atoms with E-state index in [2.05, 4.69) is 30.6 Å². The standard InChI is InChI=1S/C13H29N3/c1-4-12(5-2)15-7-9-16(10-8-15)13(6-3)11-14/h12-13H,4-11,14H2,1-3H3. The number of nitrogens with two attached hydrogens (primary N) is 1. The summed E-state index contributed by atoms with van der Waals surface area (Å²) in [6.45, 7) is 12.5. The third-order valence-corrected chi connectivity index (χ3v) is 4.07. The van der Waals surface area contributed by atoms with E-state index in [1.807, 2.05) is 0 Å². The number of hydrogen-bond donors (Lipinski definition) is 1. The van der Waals surface area contributed by atoms with E-state index >= 15 is 0 Å². The van der Waals surface area contributed by atoms with E-state index in [4.69, 9.17) is 5.73 Å². The maximum Gasteiger partial charge on any atom is 0.0216 e. The molecule has 3 nitrogen and oxygen atoms in total. The molecule has 1 aliphatic rings. The SMILES string of the molecule is CCC(CC)N1CCN(C(CC)CN)CC1. The summed E-state index contributed by atoms with van der Waals surface area (Å²) in [6, 6.07) is 1.39. The van der Waals surface area contributed by atoms with Crippen LogP contribution < -0.4 is 5.73 Å². The average molecular weight is 227 g/mol. The van der Waals surface area contributed by atoms with Crippen molar-refractivity contribution < 1.29 is 0 Å². The highest BCUT2D eigenvalue weighted by molar-refractivity contribution is 4.81. The van der Waals surface area contributed by atoms with Crippen molar-refractivity contribution in [3.8, 4) is 0 Å². The molecule has 96 valence electrons. The Morgan fingerprint density at radius 2 is 1.19 bits per heavy atom. The lowest BCUT2D eigenvalue weighted by Gasteiger charge is -2.41. The van der Waals surface area contributed by atoms with Crippen molar-refractivity contribution in [3.63, 3.8) is 0 Å². The van der Waals surface area contributed by atoms with E-state index in [9.17, 15) is 0 Å². The third kappa shape index (κ3) is 3.44. The highest BCUT2D eigenvalue weighted by Crippen LogP contribution is 2.14. The van der Waals surface area contributed by atoms with Crippen LogP contribution in [0.15, 0.2) is 0 Å². The minimum Gasteiger partial charge on any atom is -0.329 e. The van der Waals surface area contributed by atoms with Crippen LogP contribution in [0.5, 0.6) is 0 Å². The highest BCUT2D eigenvalue weighted by Gasteiger charge is 2.24. The fraction of sp³-hybridized carbons (Fsp3) is 1.00. The lowest BCUT2D eigenvalue weighted by Crippen LogP contribution is -2.54. The molecule has 0 saturated carbocycles. The maximum atomic E-state index is 5.81. The molecule has 0 radical (unpaired) electrons. The monoisotopic (exact) mass is 227 g/mol. The summed E-state index contributed by atoms with van der Waals surface area (Å²) in [6.07, 6.45) is 3.75. The molecule has 1 atom stereocenters. The van der Waals surface area contributed by atoms with E-state index in [0.29, 0.717) is 6.04 Å². The molecule has 0 aliphatic carbocycles. The van der Waals surface area contributed by atoms with Crippen LogP contribution in [-0.2, 0) is 0 Å². The molecule has 0 aromatic rings. The Balaban J connectivity index is 2.38. The van der Waals surface area contributed by atoms with Crippen LogP contribution in [0.3, 0.4) is 0 Å². The van der Waals surface area contributed by atoms with Crippen molar-refractivity contribution in [2.75, 3.05) is 32.7 Å². The second-order valence-electron chi connectivity index (χ2n) is 4.84. The molecule has 1 fully saturated rings. The first-order chi connectivity index (χ1) is 7.76. The molecule has 1 rings (SSSR count). The number of nitrogens with zero attached hydrogens (tertiary/aromatic N) is 2. The summed E-state index contributed by atoms with van der Waals surface area (Å²) in [7, 11) is 0. The molecule has 3 heteroatoms. The molecule has 2 N–H and O–H groups in total. The van der Waals surface area contributed by atoms with E-state index in [-0.39, 0.29) is 0 Å². The van der Waals surface area contributed by atoms with Gasteiger partial charge in [-0.05, 0) is 19.3 Å². The lowest BCUT2D eigenvalue weighted by molar-refractivity contribution is 0.0669. The van der Waals surface area contributed by atoms with Crippen LogP contribution in [0.2, 0.25) is 0 Å². The van der Waals surface area contributed by atoms with Crippen LogP contribution in [-0.4, -0.2) is 54.6 Å². The molecule has 0 aromatic heterocycles. The largest absolute Gasteiger partial charge is 0.329 e. The number of piperazine rings is 1. The summed E-state index contributed by atoms with van der Waals surface area (Å²) >= 11 is 0. The summed E-state index contributed by atoms with van der Waals surface area (Å²) in [5, 5.41) is 0. The van der Waals surface area contributed by atoms with Crippen LogP contribution in [0.4, 0.5) is 0 Å². The highest BCUT2D eigenvalue weighted by atomic mass is 15.3. The predicted octanol–water partition coefficient (Wildman–Crippen LogP) is 1.53. The second kappa shape index (κ2) is 7.25. The normalized spacial score (nSPS) is 21.6. The molecule has 16 heavy (non-hydrogen) atoms. The second-order valence-corrected chi connectivity index (χ2v) is 4.84.